The minimum atomic E-state index is -0.370. The van der Waals surface area contributed by atoms with Crippen molar-refractivity contribution >= 4 is 28.1 Å². The van der Waals surface area contributed by atoms with E-state index in [0.717, 1.165) is 11.1 Å². The van der Waals surface area contributed by atoms with Crippen LogP contribution >= 0.6 is 0 Å². The van der Waals surface area contributed by atoms with Crippen molar-refractivity contribution in [2.75, 3.05) is 31.1 Å². The van der Waals surface area contributed by atoms with Crippen molar-refractivity contribution in [1.29, 1.82) is 0 Å². The third-order valence-electron chi connectivity index (χ3n) is 6.59. The summed E-state index contributed by atoms with van der Waals surface area (Å²) in [4.78, 5) is 32.4. The summed E-state index contributed by atoms with van der Waals surface area (Å²) in [5.41, 5.74) is 2.30. The average Bonchev–Trinajstić information content (AvgIpc) is 3.25. The van der Waals surface area contributed by atoms with Gasteiger partial charge in [0.25, 0.3) is 5.69 Å². The molecule has 1 saturated carbocycles. The fourth-order valence-electron chi connectivity index (χ4n) is 4.78. The normalized spacial score (nSPS) is 22.7. The molecule has 1 aromatic heterocycles. The Morgan fingerprint density at radius 3 is 2.50 bits per heavy atom. The first kappa shape index (κ1) is 20.3. The third-order valence-corrected chi connectivity index (χ3v) is 6.59. The van der Waals surface area contributed by atoms with Crippen LogP contribution in [0, 0.1) is 27.4 Å². The quantitative estimate of drug-likeness (QED) is 0.433. The highest BCUT2D eigenvalue weighted by Gasteiger charge is 2.61. The molecular formula is C23H28N4O3. The number of nitrogens with zero attached hydrogens (tertiary/aromatic N) is 4. The van der Waals surface area contributed by atoms with Gasteiger partial charge in [0.1, 0.15) is 0 Å². The van der Waals surface area contributed by atoms with E-state index < -0.39 is 0 Å². The molecule has 2 heterocycles. The largest absolute Gasteiger partial charge is 0.367 e. The molecule has 0 unspecified atom stereocenters. The Morgan fingerprint density at radius 1 is 1.17 bits per heavy atom. The van der Waals surface area contributed by atoms with Gasteiger partial charge in [-0.1, -0.05) is 25.5 Å². The number of piperazine rings is 1. The van der Waals surface area contributed by atoms with Gasteiger partial charge in [-0.05, 0) is 37.3 Å². The van der Waals surface area contributed by atoms with E-state index in [1.165, 1.54) is 5.57 Å². The number of fused-ring (bicyclic) bond motifs is 1. The second-order valence-corrected chi connectivity index (χ2v) is 9.16. The smallest absolute Gasteiger partial charge is 0.278 e. The molecule has 1 amide bonds. The number of pyridine rings is 1. The average molecular weight is 409 g/mol. The zero-order valence-electron chi connectivity index (χ0n) is 18.0. The molecule has 2 aliphatic rings. The molecule has 7 heteroatoms. The maximum atomic E-state index is 13.1. The van der Waals surface area contributed by atoms with Gasteiger partial charge >= 0.3 is 0 Å². The minimum absolute atomic E-state index is 0.0209. The van der Waals surface area contributed by atoms with Gasteiger partial charge in [-0.15, -0.1) is 0 Å². The Balaban J connectivity index is 1.50. The van der Waals surface area contributed by atoms with Crippen LogP contribution in [-0.4, -0.2) is 46.9 Å². The van der Waals surface area contributed by atoms with Crippen LogP contribution in [0.15, 0.2) is 42.2 Å². The number of hydrogen-bond acceptors (Lipinski definition) is 5. The van der Waals surface area contributed by atoms with Gasteiger partial charge in [0.05, 0.1) is 16.2 Å². The standard InChI is InChI=1S/C23H28N4O3/c1-15(2)13-18-21(23(18,3)4)22(28)26-11-9-25(10-12-26)19-5-6-20(27(29)30)17-14-24-8-7-16(17)19/h5-8,13-14,18,21H,9-12H2,1-4H3/t18-,21-/m1/s1. The van der Waals surface area contributed by atoms with E-state index in [0.29, 0.717) is 37.5 Å². The molecule has 0 radical (unpaired) electrons. The van der Waals surface area contributed by atoms with Crippen LogP contribution in [0.2, 0.25) is 0 Å². The maximum Gasteiger partial charge on any atom is 0.278 e. The molecule has 2 atom stereocenters. The summed E-state index contributed by atoms with van der Waals surface area (Å²) in [6, 6.07) is 5.19. The highest BCUT2D eigenvalue weighted by molar-refractivity contribution is 5.99. The summed E-state index contributed by atoms with van der Waals surface area (Å²) in [7, 11) is 0. The lowest BCUT2D eigenvalue weighted by molar-refractivity contribution is -0.383. The molecule has 1 aromatic carbocycles. The number of benzene rings is 1. The van der Waals surface area contributed by atoms with Gasteiger partial charge in [0.2, 0.25) is 5.91 Å². The number of amides is 1. The second-order valence-electron chi connectivity index (χ2n) is 9.16. The van der Waals surface area contributed by atoms with Gasteiger partial charge in [-0.25, -0.2) is 0 Å². The number of hydrogen-bond donors (Lipinski definition) is 0. The van der Waals surface area contributed by atoms with Crippen LogP contribution in [0.3, 0.4) is 0 Å². The molecule has 2 fully saturated rings. The monoisotopic (exact) mass is 408 g/mol. The van der Waals surface area contributed by atoms with E-state index in [9.17, 15) is 14.9 Å². The van der Waals surface area contributed by atoms with E-state index >= 15 is 0 Å². The highest BCUT2D eigenvalue weighted by Crippen LogP contribution is 2.60. The van der Waals surface area contributed by atoms with E-state index in [2.05, 4.69) is 43.7 Å². The van der Waals surface area contributed by atoms with Crippen LogP contribution in [0.4, 0.5) is 11.4 Å². The molecule has 1 aliphatic carbocycles. The van der Waals surface area contributed by atoms with Crippen molar-refractivity contribution in [2.24, 2.45) is 17.3 Å². The van der Waals surface area contributed by atoms with Crippen molar-refractivity contribution in [1.82, 2.24) is 9.88 Å². The second kappa shape index (κ2) is 7.38. The van der Waals surface area contributed by atoms with Crippen LogP contribution in [0.25, 0.3) is 10.8 Å². The number of rotatable bonds is 4. The highest BCUT2D eigenvalue weighted by atomic mass is 16.6. The Morgan fingerprint density at radius 2 is 1.87 bits per heavy atom. The van der Waals surface area contributed by atoms with Crippen molar-refractivity contribution in [3.8, 4) is 0 Å². The molecule has 0 spiro atoms. The molecule has 2 aromatic rings. The Bertz CT molecular complexity index is 1030. The van der Waals surface area contributed by atoms with Crippen molar-refractivity contribution in [3.05, 3.63) is 52.4 Å². The van der Waals surface area contributed by atoms with Crippen LogP contribution in [0.5, 0.6) is 0 Å². The first-order valence-corrected chi connectivity index (χ1v) is 10.4. The summed E-state index contributed by atoms with van der Waals surface area (Å²) in [6.45, 7) is 11.3. The third kappa shape index (κ3) is 3.42. The lowest BCUT2D eigenvalue weighted by Gasteiger charge is -2.37. The molecular weight excluding hydrogens is 380 g/mol. The topological polar surface area (TPSA) is 79.6 Å². The van der Waals surface area contributed by atoms with Crippen LogP contribution < -0.4 is 4.90 Å². The maximum absolute atomic E-state index is 13.1. The number of carbonyl (C=O) groups excluding carboxylic acids is 1. The van der Waals surface area contributed by atoms with Gasteiger partial charge in [-0.3, -0.25) is 19.9 Å². The van der Waals surface area contributed by atoms with Gasteiger partial charge in [0, 0.05) is 55.7 Å². The number of allylic oxidation sites excluding steroid dienone is 2. The fourth-order valence-corrected chi connectivity index (χ4v) is 4.78. The molecule has 4 rings (SSSR count). The number of anilines is 1. The number of nitro benzene ring substituents is 1. The summed E-state index contributed by atoms with van der Waals surface area (Å²) in [6.07, 6.45) is 5.44. The van der Waals surface area contributed by atoms with Crippen molar-refractivity contribution < 1.29 is 9.72 Å². The number of carbonyl (C=O) groups is 1. The lowest BCUT2D eigenvalue weighted by Crippen LogP contribution is -2.49. The minimum Gasteiger partial charge on any atom is -0.367 e. The molecule has 7 nitrogen and oxygen atoms in total. The molecule has 158 valence electrons. The molecule has 1 saturated heterocycles. The number of non-ortho nitro benzene ring substituents is 1. The Kier molecular flexibility index (Phi) is 5.00. The summed E-state index contributed by atoms with van der Waals surface area (Å²) < 4.78 is 0. The first-order valence-electron chi connectivity index (χ1n) is 10.4. The van der Waals surface area contributed by atoms with Crippen molar-refractivity contribution in [3.63, 3.8) is 0 Å². The fraction of sp³-hybridized carbons (Fsp3) is 0.478. The SMILES string of the molecule is CC(C)=C[C@@H]1[C@H](C(=O)N2CCN(c3ccc([N+](=O)[O-])c4cnccc34)CC2)C1(C)C. The molecule has 30 heavy (non-hydrogen) atoms. The van der Waals surface area contributed by atoms with Gasteiger partial charge in [0.15, 0.2) is 0 Å². The molecule has 0 bridgehead atoms. The van der Waals surface area contributed by atoms with Crippen LogP contribution in [-0.2, 0) is 4.79 Å². The predicted molar refractivity (Wildman–Crippen MR) is 117 cm³/mol. The lowest BCUT2D eigenvalue weighted by atomic mass is 10.1. The number of aromatic nitrogens is 1. The summed E-state index contributed by atoms with van der Waals surface area (Å²) in [5.74, 6) is 0.629. The Hall–Kier alpha value is -2.96. The van der Waals surface area contributed by atoms with E-state index in [4.69, 9.17) is 0 Å². The van der Waals surface area contributed by atoms with E-state index in [-0.39, 0.29) is 27.9 Å². The first-order chi connectivity index (χ1) is 14.2. The van der Waals surface area contributed by atoms with Gasteiger partial charge < -0.3 is 9.80 Å². The molecule has 0 N–H and O–H groups in total. The van der Waals surface area contributed by atoms with Crippen molar-refractivity contribution in [2.45, 2.75) is 27.7 Å². The van der Waals surface area contributed by atoms with Gasteiger partial charge in [-0.2, -0.15) is 0 Å². The summed E-state index contributed by atoms with van der Waals surface area (Å²) in [5, 5.41) is 12.7. The molecule has 1 aliphatic heterocycles. The van der Waals surface area contributed by atoms with E-state index in [1.54, 1.807) is 18.5 Å². The zero-order chi connectivity index (χ0) is 21.6. The predicted octanol–water partition coefficient (Wildman–Crippen LogP) is 4.03. The summed E-state index contributed by atoms with van der Waals surface area (Å²) >= 11 is 0. The number of nitro groups is 1. The van der Waals surface area contributed by atoms with Crippen LogP contribution in [0.1, 0.15) is 27.7 Å². The zero-order valence-corrected chi connectivity index (χ0v) is 18.0. The Labute approximate surface area is 176 Å². The van der Waals surface area contributed by atoms with E-state index in [1.807, 2.05) is 17.0 Å².